The fourth-order valence-corrected chi connectivity index (χ4v) is 6.59. The van der Waals surface area contributed by atoms with Gasteiger partial charge in [0.2, 0.25) is 16.6 Å². The van der Waals surface area contributed by atoms with Crippen LogP contribution in [0.3, 0.4) is 0 Å². The molecule has 1 unspecified atom stereocenters. The molecule has 0 aliphatic rings. The number of carbonyl (C=O) groups excluding carboxylic acids is 2. The van der Waals surface area contributed by atoms with E-state index in [-0.39, 0.29) is 18.3 Å². The molecular formula is C23H52O7Si3. The van der Waals surface area contributed by atoms with Crippen LogP contribution < -0.4 is 0 Å². The predicted octanol–water partition coefficient (Wildman–Crippen LogP) is 4.63. The molecule has 0 saturated carbocycles. The van der Waals surface area contributed by atoms with Crippen molar-refractivity contribution >= 4 is 38.2 Å². The number of ether oxygens (including phenoxy) is 3. The van der Waals surface area contributed by atoms with E-state index in [2.05, 4.69) is 46.2 Å². The Balaban J connectivity index is 0. The van der Waals surface area contributed by atoms with Crippen LogP contribution >= 0.6 is 0 Å². The first-order valence-corrected chi connectivity index (χ1v) is 21.6. The lowest BCUT2D eigenvalue weighted by Gasteiger charge is -2.28. The molecule has 0 bridgehead atoms. The second kappa shape index (κ2) is 22.3. The number of hydrogen-bond acceptors (Lipinski definition) is 7. The minimum Gasteiger partial charge on any atom is -0.381 e. The molecule has 7 nitrogen and oxygen atoms in total. The van der Waals surface area contributed by atoms with Crippen LogP contribution in [0, 0.1) is 5.92 Å². The molecule has 33 heavy (non-hydrogen) atoms. The molecule has 0 N–H and O–H groups in total. The fourth-order valence-electron chi connectivity index (χ4n) is 2.63. The molecule has 10 heteroatoms. The van der Waals surface area contributed by atoms with Crippen molar-refractivity contribution in [3.05, 3.63) is 0 Å². The summed E-state index contributed by atoms with van der Waals surface area (Å²) in [5.41, 5.74) is 0. The van der Waals surface area contributed by atoms with Gasteiger partial charge in [0.15, 0.2) is 5.78 Å². The highest BCUT2D eigenvalue weighted by atomic mass is 28.4. The minimum atomic E-state index is -1.93. The van der Waals surface area contributed by atoms with Gasteiger partial charge < -0.3 is 19.0 Å². The van der Waals surface area contributed by atoms with Gasteiger partial charge in [-0.1, -0.05) is 20.0 Å². The monoisotopic (exact) mass is 524 g/mol. The summed E-state index contributed by atoms with van der Waals surface area (Å²) in [6.07, 6.45) is 4.42. The first-order valence-electron chi connectivity index (χ1n) is 12.6. The van der Waals surface area contributed by atoms with Gasteiger partial charge in [-0.25, -0.2) is 0 Å². The summed E-state index contributed by atoms with van der Waals surface area (Å²) in [5.74, 6) is -0.0524. The normalized spacial score (nSPS) is 12.7. The number of hydrogen-bond donors (Lipinski definition) is 0. The van der Waals surface area contributed by atoms with E-state index in [9.17, 15) is 9.59 Å². The Labute approximate surface area is 207 Å². The van der Waals surface area contributed by atoms with E-state index in [0.717, 1.165) is 44.2 Å². The fraction of sp³-hybridized carbons (Fsp3) is 0.913. The zero-order valence-corrected chi connectivity index (χ0v) is 26.1. The van der Waals surface area contributed by atoms with Crippen LogP contribution in [0.4, 0.5) is 0 Å². The number of ketones is 1. The standard InChI is InChI=1S/C21H44O7Si2.C2H8Si/c1-7-11-24-14-10-21(17-22)19-26-13-9-16-30(5,6)28-27-29(3,4)15-8-12-25-18-20(2)23;1-3-2/h17,21H,7-16,18-19H2,1-6H3;3H2,1-2H3. The third-order valence-electron chi connectivity index (χ3n) is 4.44. The first kappa shape index (κ1) is 35.0. The molecule has 0 rings (SSSR count). The molecule has 0 fully saturated rings. The molecule has 1 atom stereocenters. The Morgan fingerprint density at radius 3 is 1.85 bits per heavy atom. The number of Topliss-reactive ketones (excluding diaryl/α,β-unsaturated/α-hetero) is 1. The highest BCUT2D eigenvalue weighted by Gasteiger charge is 2.30. The second-order valence-electron chi connectivity index (χ2n) is 9.73. The van der Waals surface area contributed by atoms with Crippen LogP contribution in [-0.2, 0) is 33.0 Å². The molecule has 0 aliphatic heterocycles. The summed E-state index contributed by atoms with van der Waals surface area (Å²) in [6.45, 7) is 19.8. The summed E-state index contributed by atoms with van der Waals surface area (Å²) in [5, 5.41) is 0. The van der Waals surface area contributed by atoms with Gasteiger partial charge in [0.25, 0.3) is 0 Å². The van der Waals surface area contributed by atoms with Crippen molar-refractivity contribution in [1.82, 2.24) is 0 Å². The van der Waals surface area contributed by atoms with Crippen LogP contribution in [0.2, 0.25) is 51.4 Å². The smallest absolute Gasteiger partial charge is 0.231 e. The highest BCUT2D eigenvalue weighted by molar-refractivity contribution is 6.73. The number of carbonyl (C=O) groups is 2. The van der Waals surface area contributed by atoms with Crippen molar-refractivity contribution in [1.29, 1.82) is 0 Å². The van der Waals surface area contributed by atoms with Crippen LogP contribution in [0.1, 0.15) is 39.5 Å². The van der Waals surface area contributed by atoms with Gasteiger partial charge in [-0.15, -0.1) is 0 Å². The Morgan fingerprint density at radius 2 is 1.39 bits per heavy atom. The molecule has 0 aromatic heterocycles. The zero-order valence-electron chi connectivity index (χ0n) is 22.7. The van der Waals surface area contributed by atoms with Crippen molar-refractivity contribution in [2.75, 3.05) is 39.6 Å². The van der Waals surface area contributed by atoms with Crippen molar-refractivity contribution in [2.45, 2.75) is 90.9 Å². The highest BCUT2D eigenvalue weighted by Crippen LogP contribution is 2.20. The Morgan fingerprint density at radius 1 is 0.879 bits per heavy atom. The van der Waals surface area contributed by atoms with E-state index in [4.69, 9.17) is 23.4 Å². The molecule has 0 aliphatic carbocycles. The molecule has 198 valence electrons. The first-order chi connectivity index (χ1) is 15.5. The van der Waals surface area contributed by atoms with Gasteiger partial charge in [0.1, 0.15) is 12.9 Å². The van der Waals surface area contributed by atoms with Crippen molar-refractivity contribution < 1.29 is 33.0 Å². The Kier molecular flexibility index (Phi) is 23.6. The zero-order chi connectivity index (χ0) is 25.6. The van der Waals surface area contributed by atoms with E-state index in [0.29, 0.717) is 42.4 Å². The maximum atomic E-state index is 11.1. The van der Waals surface area contributed by atoms with Crippen molar-refractivity contribution in [3.8, 4) is 0 Å². The van der Waals surface area contributed by atoms with Crippen LogP contribution in [0.15, 0.2) is 0 Å². The lowest BCUT2D eigenvalue weighted by atomic mass is 10.1. The topological polar surface area (TPSA) is 80.3 Å². The largest absolute Gasteiger partial charge is 0.381 e. The number of rotatable bonds is 21. The van der Waals surface area contributed by atoms with E-state index in [1.54, 1.807) is 0 Å². The van der Waals surface area contributed by atoms with Gasteiger partial charge in [-0.2, -0.15) is 0 Å². The Hall–Kier alpha value is -0.209. The van der Waals surface area contributed by atoms with Crippen molar-refractivity contribution in [3.63, 3.8) is 0 Å². The van der Waals surface area contributed by atoms with Gasteiger partial charge in [-0.3, -0.25) is 13.9 Å². The molecule has 0 saturated heterocycles. The maximum absolute atomic E-state index is 11.1. The summed E-state index contributed by atoms with van der Waals surface area (Å²) in [6, 6.07) is 1.86. The summed E-state index contributed by atoms with van der Waals surface area (Å²) < 4.78 is 28.2. The quantitative estimate of drug-likeness (QED) is 0.0712. The second-order valence-corrected chi connectivity index (χ2v) is 19.5. The summed E-state index contributed by atoms with van der Waals surface area (Å²) in [7, 11) is -3.43. The third kappa shape index (κ3) is 26.2. The lowest BCUT2D eigenvalue weighted by molar-refractivity contribution is -0.126. The summed E-state index contributed by atoms with van der Waals surface area (Å²) in [4.78, 5) is 22.0. The Bertz CT molecular complexity index is 477. The molecule has 0 aromatic rings. The van der Waals surface area contributed by atoms with Crippen LogP contribution in [0.5, 0.6) is 0 Å². The molecule has 0 amide bonds. The molecule has 0 spiro atoms. The van der Waals surface area contributed by atoms with Gasteiger partial charge >= 0.3 is 0 Å². The van der Waals surface area contributed by atoms with E-state index < -0.39 is 16.6 Å². The molecule has 0 heterocycles. The van der Waals surface area contributed by atoms with Crippen LogP contribution in [-0.4, -0.2) is 77.9 Å². The average molecular weight is 525 g/mol. The molecule has 0 radical (unpaired) electrons. The molecular weight excluding hydrogens is 473 g/mol. The van der Waals surface area contributed by atoms with E-state index in [1.807, 2.05) is 0 Å². The lowest BCUT2D eigenvalue weighted by Crippen LogP contribution is -2.39. The minimum absolute atomic E-state index is 0.0467. The van der Waals surface area contributed by atoms with Gasteiger partial charge in [-0.05, 0) is 70.9 Å². The van der Waals surface area contributed by atoms with E-state index in [1.165, 1.54) is 6.92 Å². The number of aldehydes is 1. The predicted molar refractivity (Wildman–Crippen MR) is 144 cm³/mol. The van der Waals surface area contributed by atoms with Gasteiger partial charge in [0, 0.05) is 41.9 Å². The maximum Gasteiger partial charge on any atom is 0.231 e. The third-order valence-corrected chi connectivity index (χ3v) is 8.79. The SMILES string of the molecule is CCCOCCC(C=O)COCCC[Si](C)(C)OO[Si](C)(C)CCCOCC(C)=O.C[SiH2]C. The van der Waals surface area contributed by atoms with Gasteiger partial charge in [0.05, 0.1) is 6.61 Å². The van der Waals surface area contributed by atoms with Crippen molar-refractivity contribution in [2.24, 2.45) is 5.92 Å². The molecule has 0 aromatic carbocycles. The van der Waals surface area contributed by atoms with Crippen LogP contribution in [0.25, 0.3) is 0 Å². The summed E-state index contributed by atoms with van der Waals surface area (Å²) >= 11 is 0. The average Bonchev–Trinajstić information content (AvgIpc) is 2.74. The van der Waals surface area contributed by atoms with E-state index >= 15 is 0 Å².